The molecule has 36 heavy (non-hydrogen) atoms. The Morgan fingerprint density at radius 1 is 0.972 bits per heavy atom. The molecule has 6 nitrogen and oxygen atoms in total. The van der Waals surface area contributed by atoms with E-state index in [1.165, 1.54) is 29.2 Å². The normalized spacial score (nSPS) is 17.7. The Morgan fingerprint density at radius 2 is 1.69 bits per heavy atom. The number of rotatable bonds is 7. The number of carbonyl (C=O) groups excluding carboxylic acids is 1. The first-order chi connectivity index (χ1) is 17.6. The Hall–Kier alpha value is -3.10. The average molecular weight is 506 g/mol. The molecule has 0 spiro atoms. The van der Waals surface area contributed by atoms with Crippen molar-refractivity contribution in [1.82, 2.24) is 19.2 Å². The quantitative estimate of drug-likeness (QED) is 0.478. The smallest absolute Gasteiger partial charge is 0.225 e. The van der Waals surface area contributed by atoms with Crippen LogP contribution in [0.2, 0.25) is 0 Å². The highest BCUT2D eigenvalue weighted by atomic mass is 32.1. The summed E-state index contributed by atoms with van der Waals surface area (Å²) in [6.45, 7) is 6.03. The lowest BCUT2D eigenvalue weighted by atomic mass is 9.95. The van der Waals surface area contributed by atoms with E-state index >= 15 is 0 Å². The van der Waals surface area contributed by atoms with Gasteiger partial charge in [0.05, 0.1) is 0 Å². The first-order valence-corrected chi connectivity index (χ1v) is 13.5. The minimum Gasteiger partial charge on any atom is -0.347 e. The van der Waals surface area contributed by atoms with Crippen LogP contribution in [0.3, 0.4) is 0 Å². The monoisotopic (exact) mass is 505 g/mol. The second-order valence-corrected chi connectivity index (χ2v) is 10.2. The largest absolute Gasteiger partial charge is 0.347 e. The van der Waals surface area contributed by atoms with Crippen LogP contribution in [-0.4, -0.2) is 70.9 Å². The number of halogens is 1. The molecule has 0 radical (unpaired) electrons. The van der Waals surface area contributed by atoms with Crippen molar-refractivity contribution in [2.75, 3.05) is 50.7 Å². The predicted octanol–water partition coefficient (Wildman–Crippen LogP) is 4.34. The molecule has 2 aromatic carbocycles. The minimum atomic E-state index is -0.235. The summed E-state index contributed by atoms with van der Waals surface area (Å²) in [5.41, 5.74) is 2.22. The van der Waals surface area contributed by atoms with Crippen LogP contribution in [-0.2, 0) is 11.2 Å². The number of piperazine rings is 1. The van der Waals surface area contributed by atoms with Gasteiger partial charge in [0.25, 0.3) is 0 Å². The summed E-state index contributed by atoms with van der Waals surface area (Å²) in [6, 6.07) is 16.8. The van der Waals surface area contributed by atoms with Crippen molar-refractivity contribution in [3.05, 3.63) is 83.4 Å². The van der Waals surface area contributed by atoms with E-state index in [4.69, 9.17) is 4.98 Å². The van der Waals surface area contributed by atoms with Crippen LogP contribution in [0.25, 0.3) is 6.08 Å². The lowest BCUT2D eigenvalue weighted by Crippen LogP contribution is -2.51. The van der Waals surface area contributed by atoms with Crippen molar-refractivity contribution in [3.63, 3.8) is 0 Å². The Morgan fingerprint density at radius 3 is 2.42 bits per heavy atom. The van der Waals surface area contributed by atoms with Gasteiger partial charge in [-0.05, 0) is 36.1 Å². The molecule has 3 aromatic rings. The van der Waals surface area contributed by atoms with E-state index in [1.54, 1.807) is 12.1 Å². The van der Waals surface area contributed by atoms with E-state index < -0.39 is 0 Å². The molecule has 0 atom stereocenters. The maximum absolute atomic E-state index is 13.2. The first kappa shape index (κ1) is 24.6. The van der Waals surface area contributed by atoms with Crippen LogP contribution >= 0.6 is 11.5 Å². The predicted molar refractivity (Wildman–Crippen MR) is 143 cm³/mol. The summed E-state index contributed by atoms with van der Waals surface area (Å²) in [6.07, 6.45) is 6.67. The molecule has 5 rings (SSSR count). The van der Waals surface area contributed by atoms with E-state index in [9.17, 15) is 9.18 Å². The van der Waals surface area contributed by atoms with Gasteiger partial charge in [-0.25, -0.2) is 9.37 Å². The van der Waals surface area contributed by atoms with Crippen molar-refractivity contribution in [2.24, 2.45) is 5.92 Å². The molecule has 1 amide bonds. The van der Waals surface area contributed by atoms with E-state index in [-0.39, 0.29) is 11.7 Å². The summed E-state index contributed by atoms with van der Waals surface area (Å²) in [5, 5.41) is 0.912. The average Bonchev–Trinajstić information content (AvgIpc) is 3.39. The summed E-state index contributed by atoms with van der Waals surface area (Å²) in [7, 11) is 0. The number of nitrogens with zero attached hydrogens (tertiary/aromatic N) is 5. The van der Waals surface area contributed by atoms with Crippen molar-refractivity contribution < 1.29 is 9.18 Å². The lowest BCUT2D eigenvalue weighted by Gasteiger charge is -2.38. The molecular formula is C28H32FN5OS. The zero-order valence-corrected chi connectivity index (χ0v) is 21.2. The molecule has 2 aliphatic rings. The van der Waals surface area contributed by atoms with Crippen LogP contribution in [0, 0.1) is 11.7 Å². The fourth-order valence-electron chi connectivity index (χ4n) is 4.86. The maximum atomic E-state index is 13.2. The highest BCUT2D eigenvalue weighted by Gasteiger charge is 2.31. The molecule has 0 N–H and O–H groups in total. The standard InChI is InChI=1S/C28H32FN5OS/c29-25-10-8-23(9-11-25)21-26-30-28(36-31-26)34-15-12-24(13-16-34)27(35)33-19-17-32(18-20-33)14-4-7-22-5-2-1-3-6-22/h1-11,24H,12-21H2. The third kappa shape index (κ3) is 6.36. The van der Waals surface area contributed by atoms with Gasteiger partial charge in [0, 0.05) is 69.7 Å². The molecule has 188 valence electrons. The number of hydrogen-bond donors (Lipinski definition) is 0. The maximum Gasteiger partial charge on any atom is 0.225 e. The molecule has 3 heterocycles. The SMILES string of the molecule is O=C(C1CCN(c2nc(Cc3ccc(F)cc3)ns2)CC1)N1CCN(CC=Cc2ccccc2)CC1. The van der Waals surface area contributed by atoms with Gasteiger partial charge < -0.3 is 9.80 Å². The Labute approximate surface area is 216 Å². The summed E-state index contributed by atoms with van der Waals surface area (Å²) < 4.78 is 17.6. The van der Waals surface area contributed by atoms with Crippen LogP contribution < -0.4 is 4.90 Å². The highest BCUT2D eigenvalue weighted by molar-refractivity contribution is 7.09. The number of anilines is 1. The number of carbonyl (C=O) groups is 1. The van der Waals surface area contributed by atoms with Crippen LogP contribution in [0.15, 0.2) is 60.7 Å². The summed E-state index contributed by atoms with van der Waals surface area (Å²) in [4.78, 5) is 24.6. The number of aromatic nitrogens is 2. The molecule has 0 saturated carbocycles. The van der Waals surface area contributed by atoms with Crippen molar-refractivity contribution in [2.45, 2.75) is 19.3 Å². The van der Waals surface area contributed by atoms with Gasteiger partial charge in [-0.1, -0.05) is 54.6 Å². The molecule has 1 aromatic heterocycles. The topological polar surface area (TPSA) is 52.6 Å². The van der Waals surface area contributed by atoms with E-state index in [0.29, 0.717) is 12.3 Å². The van der Waals surface area contributed by atoms with Crippen LogP contribution in [0.4, 0.5) is 9.52 Å². The van der Waals surface area contributed by atoms with Gasteiger partial charge in [0.2, 0.25) is 11.0 Å². The van der Waals surface area contributed by atoms with Gasteiger partial charge in [0.15, 0.2) is 0 Å². The van der Waals surface area contributed by atoms with E-state index in [2.05, 4.69) is 55.5 Å². The number of hydrogen-bond acceptors (Lipinski definition) is 6. The van der Waals surface area contributed by atoms with E-state index in [1.807, 2.05) is 6.07 Å². The number of amides is 1. The van der Waals surface area contributed by atoms with Crippen LogP contribution in [0.5, 0.6) is 0 Å². The van der Waals surface area contributed by atoms with Crippen molar-refractivity contribution >= 4 is 28.6 Å². The second kappa shape index (κ2) is 11.8. The molecule has 0 aliphatic carbocycles. The number of piperidine rings is 1. The fourth-order valence-corrected chi connectivity index (χ4v) is 5.60. The lowest BCUT2D eigenvalue weighted by molar-refractivity contribution is -0.137. The third-order valence-electron chi connectivity index (χ3n) is 7.01. The second-order valence-electron chi connectivity index (χ2n) is 9.50. The third-order valence-corrected chi connectivity index (χ3v) is 7.82. The number of benzene rings is 2. The van der Waals surface area contributed by atoms with E-state index in [0.717, 1.165) is 75.2 Å². The minimum absolute atomic E-state index is 0.0948. The Kier molecular flexibility index (Phi) is 8.03. The molecule has 0 unspecified atom stereocenters. The van der Waals surface area contributed by atoms with Gasteiger partial charge in [-0.2, -0.15) is 4.37 Å². The highest BCUT2D eigenvalue weighted by Crippen LogP contribution is 2.27. The molecule has 2 fully saturated rings. The Balaban J connectivity index is 1.05. The van der Waals surface area contributed by atoms with Gasteiger partial charge >= 0.3 is 0 Å². The first-order valence-electron chi connectivity index (χ1n) is 12.7. The van der Waals surface area contributed by atoms with Gasteiger partial charge in [-0.15, -0.1) is 0 Å². The molecule has 0 bridgehead atoms. The molecule has 2 aliphatic heterocycles. The van der Waals surface area contributed by atoms with Crippen molar-refractivity contribution in [1.29, 1.82) is 0 Å². The van der Waals surface area contributed by atoms with Crippen molar-refractivity contribution in [3.8, 4) is 0 Å². The summed E-state index contributed by atoms with van der Waals surface area (Å²) in [5.74, 6) is 0.929. The Bertz CT molecular complexity index is 1150. The molecular weight excluding hydrogens is 473 g/mol. The van der Waals surface area contributed by atoms with Gasteiger partial charge in [-0.3, -0.25) is 9.69 Å². The summed E-state index contributed by atoms with van der Waals surface area (Å²) >= 11 is 1.41. The zero-order chi connectivity index (χ0) is 24.7. The molecule has 2 saturated heterocycles. The molecule has 8 heteroatoms. The van der Waals surface area contributed by atoms with Gasteiger partial charge in [0.1, 0.15) is 11.6 Å². The zero-order valence-electron chi connectivity index (χ0n) is 20.4. The fraction of sp³-hybridized carbons (Fsp3) is 0.393. The van der Waals surface area contributed by atoms with Crippen LogP contribution in [0.1, 0.15) is 29.8 Å².